The van der Waals surface area contributed by atoms with E-state index in [9.17, 15) is 15.0 Å². The number of hydrogen-bond donors (Lipinski definition) is 3. The van der Waals surface area contributed by atoms with Crippen LogP contribution in [0.25, 0.3) is 0 Å². The molecule has 0 spiro atoms. The van der Waals surface area contributed by atoms with E-state index >= 15 is 0 Å². The van der Waals surface area contributed by atoms with E-state index in [0.29, 0.717) is 36.4 Å². The molecule has 3 aliphatic rings. The second kappa shape index (κ2) is 7.52. The van der Waals surface area contributed by atoms with Gasteiger partial charge in [-0.15, -0.1) is 0 Å². The zero-order chi connectivity index (χ0) is 19.1. The highest BCUT2D eigenvalue weighted by Crippen LogP contribution is 2.37. The fourth-order valence-electron chi connectivity index (χ4n) is 4.25. The summed E-state index contributed by atoms with van der Waals surface area (Å²) in [7, 11) is 0. The van der Waals surface area contributed by atoms with Crippen LogP contribution in [0, 0.1) is 5.92 Å². The highest BCUT2D eigenvalue weighted by Gasteiger charge is 2.54. The first-order chi connectivity index (χ1) is 13.0. The van der Waals surface area contributed by atoms with Crippen molar-refractivity contribution in [1.82, 2.24) is 10.2 Å². The topological polar surface area (TPSA) is 85.3 Å². The van der Waals surface area contributed by atoms with Gasteiger partial charge in [-0.25, -0.2) is 0 Å². The van der Waals surface area contributed by atoms with Crippen molar-refractivity contribution < 1.29 is 19.7 Å². The van der Waals surface area contributed by atoms with Crippen molar-refractivity contribution in [2.45, 2.75) is 30.7 Å². The van der Waals surface area contributed by atoms with E-state index in [2.05, 4.69) is 5.32 Å². The molecule has 4 rings (SSSR count). The van der Waals surface area contributed by atoms with Crippen LogP contribution in [0.15, 0.2) is 24.3 Å². The van der Waals surface area contributed by atoms with Gasteiger partial charge in [0, 0.05) is 23.8 Å². The van der Waals surface area contributed by atoms with Gasteiger partial charge in [0.1, 0.15) is 6.10 Å². The van der Waals surface area contributed by atoms with Crippen molar-refractivity contribution in [2.24, 2.45) is 5.92 Å². The summed E-state index contributed by atoms with van der Waals surface area (Å²) < 4.78 is 5.34. The Hall–Kier alpha value is -1.45. The summed E-state index contributed by atoms with van der Waals surface area (Å²) in [5, 5.41) is 25.0. The lowest BCUT2D eigenvalue weighted by Crippen LogP contribution is -2.61. The predicted octanol–water partition coefficient (Wildman–Crippen LogP) is 0.372. The Bertz CT molecular complexity index is 728. The molecule has 0 bridgehead atoms. The fraction of sp³-hybridized carbons (Fsp3) is 0.556. The highest BCUT2D eigenvalue weighted by molar-refractivity contribution is 7.80. The van der Waals surface area contributed by atoms with Crippen LogP contribution in [0.1, 0.15) is 6.42 Å². The minimum Gasteiger partial charge on any atom is -0.390 e. The third kappa shape index (κ3) is 3.40. The number of benzene rings is 1. The number of carbonyl (C=O) groups excluding carboxylic acids is 1. The minimum absolute atomic E-state index is 0.0373. The number of aliphatic hydroxyl groups is 2. The number of carbonyl (C=O) groups is 1. The number of aliphatic hydroxyl groups excluding tert-OH is 2. The molecule has 1 aromatic rings. The molecule has 1 aromatic carbocycles. The molecule has 9 heteroatoms. The van der Waals surface area contributed by atoms with E-state index in [-0.39, 0.29) is 18.4 Å². The summed E-state index contributed by atoms with van der Waals surface area (Å²) in [6.07, 6.45) is -1.80. The molecule has 146 valence electrons. The Morgan fingerprint density at radius 2 is 1.89 bits per heavy atom. The number of ether oxygens (including phenoxy) is 1. The van der Waals surface area contributed by atoms with Gasteiger partial charge in [0.25, 0.3) is 0 Å². The van der Waals surface area contributed by atoms with Crippen LogP contribution in [-0.4, -0.2) is 76.7 Å². The number of amides is 1. The smallest absolute Gasteiger partial charge is 0.228 e. The van der Waals surface area contributed by atoms with Crippen LogP contribution < -0.4 is 10.2 Å². The summed E-state index contributed by atoms with van der Waals surface area (Å²) in [5.74, 6) is -0.528. The lowest BCUT2D eigenvalue weighted by atomic mass is 9.77. The van der Waals surface area contributed by atoms with E-state index in [1.54, 1.807) is 17.0 Å². The van der Waals surface area contributed by atoms with E-state index in [1.165, 1.54) is 0 Å². The van der Waals surface area contributed by atoms with Gasteiger partial charge in [-0.1, -0.05) is 11.6 Å². The van der Waals surface area contributed by atoms with Crippen molar-refractivity contribution >= 4 is 40.5 Å². The second-order valence-electron chi connectivity index (χ2n) is 7.15. The Balaban J connectivity index is 1.68. The first-order valence-electron chi connectivity index (χ1n) is 9.05. The van der Waals surface area contributed by atoms with Gasteiger partial charge >= 0.3 is 0 Å². The standard InChI is InChI=1S/C18H22ClN3O4S/c19-10-1-3-11(4-2-10)22-15-12(17(25)21-5-7-26-8-6-21)9-13(23)16(24)14(15)20-18(22)27/h1-4,12-16,23-24H,5-9H2,(H,20,27)/t12-,13-,14-,15-,16+/m1/s1. The van der Waals surface area contributed by atoms with Gasteiger partial charge in [-0.3, -0.25) is 4.79 Å². The highest BCUT2D eigenvalue weighted by atomic mass is 35.5. The molecule has 27 heavy (non-hydrogen) atoms. The summed E-state index contributed by atoms with van der Waals surface area (Å²) in [6.45, 7) is 2.08. The molecule has 3 N–H and O–H groups in total. The number of thiocarbonyl (C=S) groups is 1. The zero-order valence-corrected chi connectivity index (χ0v) is 16.2. The first kappa shape index (κ1) is 18.9. The van der Waals surface area contributed by atoms with E-state index < -0.39 is 24.2 Å². The average Bonchev–Trinajstić information content (AvgIpc) is 3.03. The molecule has 0 radical (unpaired) electrons. The zero-order valence-electron chi connectivity index (χ0n) is 14.6. The van der Waals surface area contributed by atoms with E-state index in [1.807, 2.05) is 17.0 Å². The molecule has 1 aliphatic carbocycles. The third-order valence-corrected chi connectivity index (χ3v) is 6.16. The molecule has 0 unspecified atom stereocenters. The van der Waals surface area contributed by atoms with Gasteiger partial charge in [0.2, 0.25) is 5.91 Å². The summed E-state index contributed by atoms with van der Waals surface area (Å²) in [4.78, 5) is 16.9. The number of fused-ring (bicyclic) bond motifs is 1. The first-order valence-corrected chi connectivity index (χ1v) is 9.84. The number of nitrogens with one attached hydrogen (secondary N) is 1. The molecule has 7 nitrogen and oxygen atoms in total. The maximum Gasteiger partial charge on any atom is 0.228 e. The third-order valence-electron chi connectivity index (χ3n) is 5.59. The number of morpholine rings is 1. The lowest BCUT2D eigenvalue weighted by Gasteiger charge is -2.43. The molecular formula is C18H22ClN3O4S. The van der Waals surface area contributed by atoms with Gasteiger partial charge < -0.3 is 30.1 Å². The van der Waals surface area contributed by atoms with Crippen LogP contribution in [-0.2, 0) is 9.53 Å². The largest absolute Gasteiger partial charge is 0.390 e. The van der Waals surface area contributed by atoms with Crippen LogP contribution in [0.4, 0.5) is 5.69 Å². The molecule has 2 aliphatic heterocycles. The summed E-state index contributed by atoms with van der Waals surface area (Å²) in [5.41, 5.74) is 0.799. The van der Waals surface area contributed by atoms with Crippen molar-refractivity contribution in [3.8, 4) is 0 Å². The van der Waals surface area contributed by atoms with Gasteiger partial charge in [-0.2, -0.15) is 0 Å². The maximum atomic E-state index is 13.2. The molecule has 1 saturated carbocycles. The predicted molar refractivity (Wildman–Crippen MR) is 105 cm³/mol. The number of rotatable bonds is 2. The number of nitrogens with zero attached hydrogens (tertiary/aromatic N) is 2. The second-order valence-corrected chi connectivity index (χ2v) is 7.97. The molecule has 1 amide bonds. The molecule has 5 atom stereocenters. The van der Waals surface area contributed by atoms with Crippen molar-refractivity contribution in [3.63, 3.8) is 0 Å². The summed E-state index contributed by atoms with van der Waals surface area (Å²) >= 11 is 11.5. The van der Waals surface area contributed by atoms with Gasteiger partial charge in [0.15, 0.2) is 5.11 Å². The molecule has 3 fully saturated rings. The maximum absolute atomic E-state index is 13.2. The molecule has 2 heterocycles. The quantitative estimate of drug-likeness (QED) is 0.606. The van der Waals surface area contributed by atoms with Crippen LogP contribution in [0.3, 0.4) is 0 Å². The van der Waals surface area contributed by atoms with Gasteiger partial charge in [-0.05, 0) is 42.9 Å². The van der Waals surface area contributed by atoms with Crippen molar-refractivity contribution in [2.75, 3.05) is 31.2 Å². The van der Waals surface area contributed by atoms with Crippen molar-refractivity contribution in [1.29, 1.82) is 0 Å². The van der Waals surface area contributed by atoms with Crippen LogP contribution in [0.2, 0.25) is 5.02 Å². The van der Waals surface area contributed by atoms with Crippen LogP contribution in [0.5, 0.6) is 0 Å². The van der Waals surface area contributed by atoms with Crippen LogP contribution >= 0.6 is 23.8 Å². The number of anilines is 1. The fourth-order valence-corrected chi connectivity index (χ4v) is 4.73. The van der Waals surface area contributed by atoms with E-state index in [4.69, 9.17) is 28.6 Å². The Kier molecular flexibility index (Phi) is 5.26. The Morgan fingerprint density at radius 1 is 1.22 bits per heavy atom. The normalized spacial score (nSPS) is 33.6. The number of hydrogen-bond acceptors (Lipinski definition) is 5. The Morgan fingerprint density at radius 3 is 2.56 bits per heavy atom. The molecule has 0 aromatic heterocycles. The van der Waals surface area contributed by atoms with E-state index in [0.717, 1.165) is 5.69 Å². The average molecular weight is 412 g/mol. The van der Waals surface area contributed by atoms with Gasteiger partial charge in [0.05, 0.1) is 37.3 Å². The minimum atomic E-state index is -1.00. The molecule has 2 saturated heterocycles. The SMILES string of the molecule is O=C([C@@H]1C[C@@H](O)[C@H](O)[C@@H]2NC(=S)N(c3ccc(Cl)cc3)[C@@H]21)N1CCOCC1. The molecular weight excluding hydrogens is 390 g/mol. The lowest BCUT2D eigenvalue weighted by molar-refractivity contribution is -0.145. The number of halogens is 1. The van der Waals surface area contributed by atoms with Crippen molar-refractivity contribution in [3.05, 3.63) is 29.3 Å². The summed E-state index contributed by atoms with van der Waals surface area (Å²) in [6, 6.07) is 6.30. The monoisotopic (exact) mass is 411 g/mol. The Labute approximate surface area is 167 Å².